The topological polar surface area (TPSA) is 80.4 Å². The molecule has 1 heterocycles. The molecule has 6 heteroatoms. The van der Waals surface area contributed by atoms with Gasteiger partial charge in [0, 0.05) is 16.8 Å². The molecule has 0 saturated carbocycles. The summed E-state index contributed by atoms with van der Waals surface area (Å²) >= 11 is 0. The van der Waals surface area contributed by atoms with Crippen LogP contribution < -0.4 is 10.1 Å². The molecule has 0 saturated heterocycles. The summed E-state index contributed by atoms with van der Waals surface area (Å²) in [5, 5.41) is 3.76. The minimum Gasteiger partial charge on any atom is -0.497 e. The van der Waals surface area contributed by atoms with E-state index in [4.69, 9.17) is 9.47 Å². The summed E-state index contributed by atoms with van der Waals surface area (Å²) in [6.07, 6.45) is 6.56. The number of rotatable bonds is 7. The third-order valence-corrected chi connectivity index (χ3v) is 5.98. The summed E-state index contributed by atoms with van der Waals surface area (Å²) in [7, 11) is 1.58. The van der Waals surface area contributed by atoms with Gasteiger partial charge in [0.2, 0.25) is 5.91 Å². The van der Waals surface area contributed by atoms with Crippen LogP contribution in [0, 0.1) is 11.8 Å². The molecular weight excluding hydrogens is 404 g/mol. The Morgan fingerprint density at radius 3 is 2.62 bits per heavy atom. The third-order valence-electron chi connectivity index (χ3n) is 5.98. The molecule has 6 nitrogen and oxygen atoms in total. The summed E-state index contributed by atoms with van der Waals surface area (Å²) in [6.45, 7) is 2.00. The number of nitrogens with one attached hydrogen (secondary N) is 2. The fourth-order valence-electron chi connectivity index (χ4n) is 4.33. The fraction of sp³-hybridized carbons (Fsp3) is 0.308. The number of anilines is 1. The lowest BCUT2D eigenvalue weighted by atomic mass is 9.78. The molecule has 2 unspecified atom stereocenters. The Labute approximate surface area is 187 Å². The Bertz CT molecular complexity index is 1130. The zero-order valence-corrected chi connectivity index (χ0v) is 18.4. The molecule has 4 rings (SSSR count). The van der Waals surface area contributed by atoms with Crippen molar-refractivity contribution in [3.63, 3.8) is 0 Å². The van der Waals surface area contributed by atoms with E-state index in [-0.39, 0.29) is 30.0 Å². The highest BCUT2D eigenvalue weighted by Crippen LogP contribution is 2.34. The second-order valence-corrected chi connectivity index (χ2v) is 8.00. The van der Waals surface area contributed by atoms with Gasteiger partial charge < -0.3 is 19.8 Å². The normalized spacial score (nSPS) is 17.8. The number of benzene rings is 2. The van der Waals surface area contributed by atoms with Crippen LogP contribution in [-0.4, -0.2) is 30.6 Å². The van der Waals surface area contributed by atoms with Crippen molar-refractivity contribution < 1.29 is 19.1 Å². The molecule has 0 radical (unpaired) electrons. The van der Waals surface area contributed by atoms with Gasteiger partial charge in [-0.3, -0.25) is 4.79 Å². The van der Waals surface area contributed by atoms with Crippen molar-refractivity contribution >= 4 is 28.5 Å². The van der Waals surface area contributed by atoms with Crippen LogP contribution in [0.4, 0.5) is 5.69 Å². The second-order valence-electron chi connectivity index (χ2n) is 8.00. The van der Waals surface area contributed by atoms with E-state index in [0.29, 0.717) is 23.2 Å². The molecule has 1 aliphatic rings. The van der Waals surface area contributed by atoms with Gasteiger partial charge in [-0.25, -0.2) is 4.79 Å². The first kappa shape index (κ1) is 21.7. The maximum atomic E-state index is 13.5. The van der Waals surface area contributed by atoms with Crippen LogP contribution in [0.25, 0.3) is 10.9 Å². The molecule has 32 heavy (non-hydrogen) atoms. The molecule has 1 amide bonds. The highest BCUT2D eigenvalue weighted by Gasteiger charge is 2.31. The Morgan fingerprint density at radius 2 is 1.88 bits per heavy atom. The van der Waals surface area contributed by atoms with Crippen LogP contribution in [0.3, 0.4) is 0 Å². The van der Waals surface area contributed by atoms with E-state index >= 15 is 0 Å². The molecule has 2 aromatic carbocycles. The van der Waals surface area contributed by atoms with Crippen molar-refractivity contribution in [2.45, 2.75) is 26.2 Å². The number of allylic oxidation sites excluding steroid dienone is 2. The Balaban J connectivity index is 1.64. The molecule has 166 valence electrons. The third kappa shape index (κ3) is 4.54. The molecule has 1 aliphatic carbocycles. The van der Waals surface area contributed by atoms with E-state index in [2.05, 4.69) is 34.6 Å². The number of hydrogen-bond donors (Lipinski definition) is 2. The first-order chi connectivity index (χ1) is 15.6. The summed E-state index contributed by atoms with van der Waals surface area (Å²) in [6, 6.07) is 15.7. The van der Waals surface area contributed by atoms with Crippen LogP contribution >= 0.6 is 0 Å². The van der Waals surface area contributed by atoms with E-state index in [9.17, 15) is 9.59 Å². The minimum absolute atomic E-state index is 0.0930. The lowest BCUT2D eigenvalue weighted by molar-refractivity contribution is -0.121. The summed E-state index contributed by atoms with van der Waals surface area (Å²) in [4.78, 5) is 29.2. The average molecular weight is 433 g/mol. The molecule has 2 atom stereocenters. The summed E-state index contributed by atoms with van der Waals surface area (Å²) < 4.78 is 10.6. The second kappa shape index (κ2) is 9.73. The number of ether oxygens (including phenoxy) is 2. The number of aromatic amines is 1. The van der Waals surface area contributed by atoms with Gasteiger partial charge in [-0.15, -0.1) is 0 Å². The number of H-pyrrole nitrogens is 1. The van der Waals surface area contributed by atoms with Gasteiger partial charge in [0.15, 0.2) is 0 Å². The van der Waals surface area contributed by atoms with Crippen molar-refractivity contribution in [1.29, 1.82) is 0 Å². The number of fused-ring (bicyclic) bond motifs is 1. The van der Waals surface area contributed by atoms with Crippen LogP contribution in [-0.2, 0) is 16.0 Å². The van der Waals surface area contributed by atoms with Gasteiger partial charge in [-0.05, 0) is 55.9 Å². The largest absolute Gasteiger partial charge is 0.497 e. The highest BCUT2D eigenvalue weighted by atomic mass is 16.5. The minimum atomic E-state index is -0.498. The standard InChI is InChI=1S/C26H28N2O4/c1-3-32-26(30)24-23(21-16-19(31-2)13-14-22(21)27-24)28-25(29)20-12-8-7-11-18(20)15-17-9-5-4-6-10-17/h4-10,13-14,16,18,20,27H,3,11-12,15H2,1-2H3,(H,28,29). The predicted octanol–water partition coefficient (Wildman–Crippen LogP) is 5.12. The molecule has 0 bridgehead atoms. The Hall–Kier alpha value is -3.54. The van der Waals surface area contributed by atoms with E-state index in [0.717, 1.165) is 18.4 Å². The zero-order valence-electron chi connectivity index (χ0n) is 18.4. The number of carbonyl (C=O) groups is 2. The van der Waals surface area contributed by atoms with Crippen molar-refractivity contribution in [2.24, 2.45) is 11.8 Å². The van der Waals surface area contributed by atoms with Crippen molar-refractivity contribution in [2.75, 3.05) is 19.0 Å². The number of methoxy groups -OCH3 is 1. The average Bonchev–Trinajstić information content (AvgIpc) is 3.17. The van der Waals surface area contributed by atoms with Crippen LogP contribution in [0.15, 0.2) is 60.7 Å². The van der Waals surface area contributed by atoms with Gasteiger partial charge in [-0.1, -0.05) is 42.5 Å². The van der Waals surface area contributed by atoms with Crippen molar-refractivity contribution in [3.05, 3.63) is 71.9 Å². The van der Waals surface area contributed by atoms with Crippen molar-refractivity contribution in [1.82, 2.24) is 4.98 Å². The first-order valence-corrected chi connectivity index (χ1v) is 11.0. The molecule has 3 aromatic rings. The molecule has 1 aromatic heterocycles. The highest BCUT2D eigenvalue weighted by molar-refractivity contribution is 6.11. The smallest absolute Gasteiger partial charge is 0.356 e. The monoisotopic (exact) mass is 432 g/mol. The molecule has 0 spiro atoms. The Kier molecular flexibility index (Phi) is 6.59. The number of esters is 1. The van der Waals surface area contributed by atoms with Gasteiger partial charge >= 0.3 is 5.97 Å². The number of carbonyl (C=O) groups excluding carboxylic acids is 2. The number of aromatic nitrogens is 1. The lowest BCUT2D eigenvalue weighted by Crippen LogP contribution is -2.32. The van der Waals surface area contributed by atoms with Crippen LogP contribution in [0.2, 0.25) is 0 Å². The van der Waals surface area contributed by atoms with E-state index in [1.165, 1.54) is 5.56 Å². The van der Waals surface area contributed by atoms with Gasteiger partial charge in [0.25, 0.3) is 0 Å². The summed E-state index contributed by atoms with van der Waals surface area (Å²) in [5.41, 5.74) is 2.63. The van der Waals surface area contributed by atoms with E-state index in [1.54, 1.807) is 20.1 Å². The van der Waals surface area contributed by atoms with Crippen LogP contribution in [0.5, 0.6) is 5.75 Å². The zero-order chi connectivity index (χ0) is 22.5. The van der Waals surface area contributed by atoms with Gasteiger partial charge in [0.1, 0.15) is 11.4 Å². The molecular formula is C26H28N2O4. The van der Waals surface area contributed by atoms with Crippen LogP contribution in [0.1, 0.15) is 35.8 Å². The quantitative estimate of drug-likeness (QED) is 0.401. The first-order valence-electron chi connectivity index (χ1n) is 11.0. The SMILES string of the molecule is CCOC(=O)c1[nH]c2ccc(OC)cc2c1NC(=O)C1CC=CCC1Cc1ccccc1. The molecule has 0 aliphatic heterocycles. The number of amides is 1. The molecule has 2 N–H and O–H groups in total. The maximum Gasteiger partial charge on any atom is 0.356 e. The maximum absolute atomic E-state index is 13.5. The van der Waals surface area contributed by atoms with Crippen molar-refractivity contribution in [3.8, 4) is 5.75 Å². The molecule has 0 fully saturated rings. The van der Waals surface area contributed by atoms with Gasteiger partial charge in [0.05, 0.1) is 19.4 Å². The Morgan fingerprint density at radius 1 is 1.09 bits per heavy atom. The summed E-state index contributed by atoms with van der Waals surface area (Å²) in [5.74, 6) is 0.0517. The van der Waals surface area contributed by atoms with E-state index < -0.39 is 5.97 Å². The fourth-order valence-corrected chi connectivity index (χ4v) is 4.33. The van der Waals surface area contributed by atoms with Gasteiger partial charge in [-0.2, -0.15) is 0 Å². The number of hydrogen-bond acceptors (Lipinski definition) is 4. The lowest BCUT2D eigenvalue weighted by Gasteiger charge is -2.28. The van der Waals surface area contributed by atoms with E-state index in [1.807, 2.05) is 30.3 Å². The predicted molar refractivity (Wildman–Crippen MR) is 125 cm³/mol.